The third-order valence-corrected chi connectivity index (χ3v) is 3.98. The summed E-state index contributed by atoms with van der Waals surface area (Å²) < 4.78 is 6.67. The molecule has 9 heteroatoms. The molecule has 3 rings (SSSR count). The molecule has 0 bridgehead atoms. The predicted molar refractivity (Wildman–Crippen MR) is 86.0 cm³/mol. The summed E-state index contributed by atoms with van der Waals surface area (Å²) in [7, 11) is 1.58. The van der Waals surface area contributed by atoms with Crippen molar-refractivity contribution in [1.29, 1.82) is 0 Å². The number of carbonyl (C=O) groups is 1. The van der Waals surface area contributed by atoms with Crippen LogP contribution in [0.15, 0.2) is 40.4 Å². The van der Waals surface area contributed by atoms with E-state index in [2.05, 4.69) is 15.1 Å². The van der Waals surface area contributed by atoms with E-state index in [-0.39, 0.29) is 11.3 Å². The summed E-state index contributed by atoms with van der Waals surface area (Å²) in [5.41, 5.74) is 5.94. The van der Waals surface area contributed by atoms with Crippen LogP contribution in [0, 0.1) is 0 Å². The van der Waals surface area contributed by atoms with Crippen molar-refractivity contribution in [2.24, 2.45) is 5.73 Å². The summed E-state index contributed by atoms with van der Waals surface area (Å²) in [6.07, 6.45) is 1.45. The molecular weight excluding hydrogens is 318 g/mol. The minimum atomic E-state index is -0.485. The Labute approximate surface area is 134 Å². The van der Waals surface area contributed by atoms with Crippen LogP contribution in [-0.4, -0.2) is 38.5 Å². The molecule has 3 aromatic rings. The maximum Gasteiger partial charge on any atom is 0.262 e. The molecule has 1 amide bonds. The number of ether oxygens (including phenoxy) is 1. The minimum absolute atomic E-state index is 0.0329. The molecule has 0 aliphatic heterocycles. The van der Waals surface area contributed by atoms with E-state index in [1.807, 2.05) is 12.1 Å². The number of primary amides is 1. The summed E-state index contributed by atoms with van der Waals surface area (Å²) in [5, 5.41) is 4.89. The standard InChI is InChI=1S/C14H13N5O3S/c1-22-9-4-2-8(3-5-9)19-12-10(6-16-19)13(21)18-14(17-12)23-7-11(15)20/h2-6H,7H2,1H3,(H2,15,20)(H,17,18,21). The minimum Gasteiger partial charge on any atom is -0.497 e. The summed E-state index contributed by atoms with van der Waals surface area (Å²) >= 11 is 1.07. The third kappa shape index (κ3) is 3.04. The smallest absolute Gasteiger partial charge is 0.262 e. The second-order valence-electron chi connectivity index (χ2n) is 4.62. The first-order chi connectivity index (χ1) is 11.1. The highest BCUT2D eigenvalue weighted by atomic mass is 32.2. The topological polar surface area (TPSA) is 116 Å². The lowest BCUT2D eigenvalue weighted by Gasteiger charge is -2.05. The molecule has 0 radical (unpaired) electrons. The van der Waals surface area contributed by atoms with E-state index in [0.29, 0.717) is 21.9 Å². The molecule has 3 N–H and O–H groups in total. The first kappa shape index (κ1) is 15.1. The van der Waals surface area contributed by atoms with E-state index in [4.69, 9.17) is 10.5 Å². The molecule has 0 saturated heterocycles. The third-order valence-electron chi connectivity index (χ3n) is 3.08. The number of nitrogens with zero attached hydrogens (tertiary/aromatic N) is 3. The van der Waals surface area contributed by atoms with Crippen LogP contribution >= 0.6 is 11.8 Å². The number of aromatic nitrogens is 4. The second-order valence-corrected chi connectivity index (χ2v) is 5.58. The highest BCUT2D eigenvalue weighted by molar-refractivity contribution is 7.99. The number of H-pyrrole nitrogens is 1. The normalized spacial score (nSPS) is 10.8. The lowest BCUT2D eigenvalue weighted by atomic mass is 10.3. The van der Waals surface area contributed by atoms with Gasteiger partial charge in [0.15, 0.2) is 10.8 Å². The fourth-order valence-corrected chi connectivity index (χ4v) is 2.61. The molecular formula is C14H13N5O3S. The Morgan fingerprint density at radius 3 is 2.78 bits per heavy atom. The van der Waals surface area contributed by atoms with E-state index in [1.54, 1.807) is 23.9 Å². The van der Waals surface area contributed by atoms with Crippen molar-refractivity contribution < 1.29 is 9.53 Å². The van der Waals surface area contributed by atoms with Crippen LogP contribution in [0.4, 0.5) is 0 Å². The number of nitrogens with two attached hydrogens (primary N) is 1. The van der Waals surface area contributed by atoms with Gasteiger partial charge in [0, 0.05) is 0 Å². The molecule has 0 unspecified atom stereocenters. The fourth-order valence-electron chi connectivity index (χ4n) is 2.02. The van der Waals surface area contributed by atoms with Gasteiger partial charge >= 0.3 is 0 Å². The van der Waals surface area contributed by atoms with Crippen molar-refractivity contribution in [3.63, 3.8) is 0 Å². The van der Waals surface area contributed by atoms with Gasteiger partial charge in [-0.15, -0.1) is 0 Å². The van der Waals surface area contributed by atoms with E-state index >= 15 is 0 Å². The van der Waals surface area contributed by atoms with E-state index in [9.17, 15) is 9.59 Å². The average Bonchev–Trinajstić information content (AvgIpc) is 2.97. The number of thioether (sulfide) groups is 1. The Morgan fingerprint density at radius 2 is 2.13 bits per heavy atom. The van der Waals surface area contributed by atoms with Crippen LogP contribution in [0.3, 0.4) is 0 Å². The first-order valence-corrected chi connectivity index (χ1v) is 7.60. The molecule has 8 nitrogen and oxygen atoms in total. The summed E-state index contributed by atoms with van der Waals surface area (Å²) in [6.45, 7) is 0. The number of amides is 1. The van der Waals surface area contributed by atoms with E-state index in [1.165, 1.54) is 6.20 Å². The van der Waals surface area contributed by atoms with Gasteiger partial charge in [0.05, 0.1) is 24.7 Å². The zero-order chi connectivity index (χ0) is 16.4. The number of rotatable bonds is 5. The number of carbonyl (C=O) groups excluding carboxylic acids is 1. The summed E-state index contributed by atoms with van der Waals surface area (Å²) in [6, 6.07) is 7.20. The summed E-state index contributed by atoms with van der Waals surface area (Å²) in [4.78, 5) is 29.9. The number of hydrogen-bond donors (Lipinski definition) is 2. The molecule has 0 saturated carbocycles. The van der Waals surface area contributed by atoms with Gasteiger partial charge in [-0.25, -0.2) is 9.67 Å². The Hall–Kier alpha value is -2.81. The van der Waals surface area contributed by atoms with Gasteiger partial charge in [-0.05, 0) is 24.3 Å². The zero-order valence-electron chi connectivity index (χ0n) is 12.1. The number of nitrogens with one attached hydrogen (secondary N) is 1. The quantitative estimate of drug-likeness (QED) is 0.525. The van der Waals surface area contributed by atoms with Gasteiger partial charge in [0.25, 0.3) is 5.56 Å². The molecule has 23 heavy (non-hydrogen) atoms. The van der Waals surface area contributed by atoms with Crippen LogP contribution in [0.2, 0.25) is 0 Å². The molecule has 0 aliphatic carbocycles. The van der Waals surface area contributed by atoms with Gasteiger partial charge in [-0.2, -0.15) is 5.10 Å². The molecule has 0 fully saturated rings. The van der Waals surface area contributed by atoms with Crippen molar-refractivity contribution in [2.75, 3.05) is 12.9 Å². The van der Waals surface area contributed by atoms with Crippen molar-refractivity contribution in [3.8, 4) is 11.4 Å². The molecule has 0 spiro atoms. The van der Waals surface area contributed by atoms with Crippen LogP contribution in [0.1, 0.15) is 0 Å². The molecule has 0 aliphatic rings. The molecule has 0 atom stereocenters. The fraction of sp³-hybridized carbons (Fsp3) is 0.143. The van der Waals surface area contributed by atoms with Gasteiger partial charge in [-0.1, -0.05) is 11.8 Å². The highest BCUT2D eigenvalue weighted by Crippen LogP contribution is 2.19. The Bertz CT molecular complexity index is 916. The predicted octanol–water partition coefficient (Wildman–Crippen LogP) is 0.695. The summed E-state index contributed by atoms with van der Waals surface area (Å²) in [5.74, 6) is 0.264. The second kappa shape index (κ2) is 6.13. The van der Waals surface area contributed by atoms with Crippen molar-refractivity contribution in [1.82, 2.24) is 19.7 Å². The maximum absolute atomic E-state index is 12.1. The van der Waals surface area contributed by atoms with Gasteiger partial charge in [-0.3, -0.25) is 9.59 Å². The molecule has 2 heterocycles. The van der Waals surface area contributed by atoms with Crippen molar-refractivity contribution in [3.05, 3.63) is 40.8 Å². The number of methoxy groups -OCH3 is 1. The lowest BCUT2D eigenvalue weighted by molar-refractivity contribution is -0.115. The van der Waals surface area contributed by atoms with Crippen LogP contribution in [0.25, 0.3) is 16.7 Å². The largest absolute Gasteiger partial charge is 0.497 e. The lowest BCUT2D eigenvalue weighted by Crippen LogP contribution is -2.15. The Balaban J connectivity index is 2.06. The monoisotopic (exact) mass is 331 g/mol. The van der Waals surface area contributed by atoms with Crippen molar-refractivity contribution in [2.45, 2.75) is 5.16 Å². The number of aromatic amines is 1. The Morgan fingerprint density at radius 1 is 1.39 bits per heavy atom. The highest BCUT2D eigenvalue weighted by Gasteiger charge is 2.12. The van der Waals surface area contributed by atoms with Crippen molar-refractivity contribution >= 4 is 28.7 Å². The van der Waals surface area contributed by atoms with E-state index < -0.39 is 5.91 Å². The first-order valence-electron chi connectivity index (χ1n) is 6.62. The van der Waals surface area contributed by atoms with Crippen LogP contribution in [-0.2, 0) is 4.79 Å². The van der Waals surface area contributed by atoms with Gasteiger partial charge < -0.3 is 15.5 Å². The van der Waals surface area contributed by atoms with Gasteiger partial charge in [0.2, 0.25) is 5.91 Å². The van der Waals surface area contributed by atoms with Crippen LogP contribution < -0.4 is 16.0 Å². The number of fused-ring (bicyclic) bond motifs is 1. The number of benzene rings is 1. The zero-order valence-corrected chi connectivity index (χ0v) is 13.0. The van der Waals surface area contributed by atoms with E-state index in [0.717, 1.165) is 17.4 Å². The number of hydrogen-bond acceptors (Lipinski definition) is 6. The molecule has 2 aromatic heterocycles. The molecule has 1 aromatic carbocycles. The SMILES string of the molecule is COc1ccc(-n2ncc3c(=O)[nH]c(SCC(N)=O)nc32)cc1. The average molecular weight is 331 g/mol. The molecule has 118 valence electrons. The van der Waals surface area contributed by atoms with Gasteiger partial charge in [0.1, 0.15) is 11.1 Å². The maximum atomic E-state index is 12.1. The van der Waals surface area contributed by atoms with Crippen LogP contribution in [0.5, 0.6) is 5.75 Å². The Kier molecular flexibility index (Phi) is 4.02.